The molecule has 2 heterocycles. The summed E-state index contributed by atoms with van der Waals surface area (Å²) in [6, 6.07) is 7.60. The van der Waals surface area contributed by atoms with Crippen LogP contribution in [0.4, 0.5) is 0 Å². The van der Waals surface area contributed by atoms with E-state index in [1.54, 1.807) is 0 Å². The van der Waals surface area contributed by atoms with E-state index in [1.807, 2.05) is 24.3 Å². The molecule has 2 aliphatic heterocycles. The lowest BCUT2D eigenvalue weighted by Gasteiger charge is -2.37. The Bertz CT molecular complexity index is 454. The number of piperazine rings is 1. The van der Waals surface area contributed by atoms with Crippen molar-refractivity contribution in [2.75, 3.05) is 59.0 Å². The topological polar surface area (TPSA) is 27.7 Å². The standard InChI is InChI=1S/C18H28ClN3O/c19-17-1-3-18(4-2-17)23-14-13-21-9-11-22(12-10-21)15-16-5-7-20-8-6-16/h1-4,16,20H,5-15H2. The first-order valence-electron chi connectivity index (χ1n) is 8.83. The maximum Gasteiger partial charge on any atom is 0.119 e. The maximum atomic E-state index is 5.88. The lowest BCUT2D eigenvalue weighted by atomic mass is 9.97. The van der Waals surface area contributed by atoms with E-state index in [0.29, 0.717) is 0 Å². The summed E-state index contributed by atoms with van der Waals surface area (Å²) in [6.45, 7) is 10.2. The third kappa shape index (κ3) is 5.64. The summed E-state index contributed by atoms with van der Waals surface area (Å²) >= 11 is 5.88. The molecule has 3 rings (SSSR count). The Hall–Kier alpha value is -0.810. The van der Waals surface area contributed by atoms with Gasteiger partial charge in [0, 0.05) is 44.3 Å². The third-order valence-electron chi connectivity index (χ3n) is 4.93. The molecule has 2 aliphatic rings. The molecule has 0 spiro atoms. The van der Waals surface area contributed by atoms with E-state index in [1.165, 1.54) is 45.6 Å². The number of benzene rings is 1. The normalized spacial score (nSPS) is 21.4. The molecule has 0 atom stereocenters. The zero-order chi connectivity index (χ0) is 15.9. The van der Waals surface area contributed by atoms with Crippen molar-refractivity contribution in [2.24, 2.45) is 5.92 Å². The van der Waals surface area contributed by atoms with Gasteiger partial charge in [-0.2, -0.15) is 0 Å². The van der Waals surface area contributed by atoms with Crippen LogP contribution in [0, 0.1) is 5.92 Å². The average Bonchev–Trinajstić information content (AvgIpc) is 2.59. The number of nitrogens with one attached hydrogen (secondary N) is 1. The first kappa shape index (κ1) is 17.0. The van der Waals surface area contributed by atoms with Crippen molar-refractivity contribution in [2.45, 2.75) is 12.8 Å². The summed E-state index contributed by atoms with van der Waals surface area (Å²) in [6.07, 6.45) is 2.68. The number of halogens is 1. The van der Waals surface area contributed by atoms with Crippen LogP contribution in [0.3, 0.4) is 0 Å². The largest absolute Gasteiger partial charge is 0.492 e. The van der Waals surface area contributed by atoms with Gasteiger partial charge in [-0.25, -0.2) is 0 Å². The van der Waals surface area contributed by atoms with Crippen LogP contribution in [0.5, 0.6) is 5.75 Å². The van der Waals surface area contributed by atoms with Crippen LogP contribution >= 0.6 is 11.6 Å². The molecule has 4 nitrogen and oxygen atoms in total. The minimum absolute atomic E-state index is 0.746. The molecule has 0 aromatic heterocycles. The molecule has 2 fully saturated rings. The van der Waals surface area contributed by atoms with Crippen molar-refractivity contribution in [3.8, 4) is 5.75 Å². The quantitative estimate of drug-likeness (QED) is 0.862. The van der Waals surface area contributed by atoms with Crippen molar-refractivity contribution < 1.29 is 4.74 Å². The van der Waals surface area contributed by atoms with Crippen LogP contribution in [-0.2, 0) is 0 Å². The Morgan fingerprint density at radius 2 is 1.65 bits per heavy atom. The summed E-state index contributed by atoms with van der Waals surface area (Å²) in [5, 5.41) is 4.20. The van der Waals surface area contributed by atoms with E-state index in [-0.39, 0.29) is 0 Å². The molecule has 0 saturated carbocycles. The van der Waals surface area contributed by atoms with Crippen LogP contribution < -0.4 is 10.1 Å². The molecule has 5 heteroatoms. The highest BCUT2D eigenvalue weighted by molar-refractivity contribution is 6.30. The number of rotatable bonds is 6. The molecule has 1 aromatic rings. The monoisotopic (exact) mass is 337 g/mol. The van der Waals surface area contributed by atoms with Crippen molar-refractivity contribution in [3.05, 3.63) is 29.3 Å². The zero-order valence-electron chi connectivity index (χ0n) is 13.8. The van der Waals surface area contributed by atoms with Gasteiger partial charge in [-0.15, -0.1) is 0 Å². The van der Waals surface area contributed by atoms with Crippen molar-refractivity contribution in [1.29, 1.82) is 0 Å². The van der Waals surface area contributed by atoms with Gasteiger partial charge in [0.25, 0.3) is 0 Å². The second-order valence-corrected chi connectivity index (χ2v) is 7.07. The number of hydrogen-bond acceptors (Lipinski definition) is 4. The van der Waals surface area contributed by atoms with Gasteiger partial charge in [-0.3, -0.25) is 4.90 Å². The molecule has 2 saturated heterocycles. The van der Waals surface area contributed by atoms with Crippen LogP contribution in [0.2, 0.25) is 5.02 Å². The van der Waals surface area contributed by atoms with Crippen LogP contribution in [0.25, 0.3) is 0 Å². The molecule has 128 valence electrons. The van der Waals surface area contributed by atoms with E-state index >= 15 is 0 Å². The third-order valence-corrected chi connectivity index (χ3v) is 5.18. The van der Waals surface area contributed by atoms with Gasteiger partial charge in [0.1, 0.15) is 12.4 Å². The van der Waals surface area contributed by atoms with E-state index in [0.717, 1.165) is 42.9 Å². The Kier molecular flexibility index (Phi) is 6.57. The fourth-order valence-corrected chi connectivity index (χ4v) is 3.57. The van der Waals surface area contributed by atoms with E-state index < -0.39 is 0 Å². The van der Waals surface area contributed by atoms with E-state index in [2.05, 4.69) is 15.1 Å². The lowest BCUT2D eigenvalue weighted by molar-refractivity contribution is 0.1000. The minimum atomic E-state index is 0.746. The molecule has 0 radical (unpaired) electrons. The number of ether oxygens (including phenoxy) is 1. The molecule has 23 heavy (non-hydrogen) atoms. The first-order valence-corrected chi connectivity index (χ1v) is 9.21. The number of nitrogens with zero attached hydrogens (tertiary/aromatic N) is 2. The number of piperidine rings is 1. The molecule has 0 aliphatic carbocycles. The van der Waals surface area contributed by atoms with E-state index in [9.17, 15) is 0 Å². The summed E-state index contributed by atoms with van der Waals surface area (Å²) in [5.74, 6) is 1.80. The average molecular weight is 338 g/mol. The highest BCUT2D eigenvalue weighted by atomic mass is 35.5. The van der Waals surface area contributed by atoms with Gasteiger partial charge in [0.05, 0.1) is 0 Å². The summed E-state index contributed by atoms with van der Waals surface area (Å²) in [4.78, 5) is 5.15. The molecule has 0 amide bonds. The fourth-order valence-electron chi connectivity index (χ4n) is 3.45. The molecule has 1 N–H and O–H groups in total. The summed E-state index contributed by atoms with van der Waals surface area (Å²) < 4.78 is 5.79. The van der Waals surface area contributed by atoms with Crippen molar-refractivity contribution >= 4 is 11.6 Å². The van der Waals surface area contributed by atoms with E-state index in [4.69, 9.17) is 16.3 Å². The molecular weight excluding hydrogens is 310 g/mol. The Labute approximate surface area is 144 Å². The van der Waals surface area contributed by atoms with Gasteiger partial charge in [-0.05, 0) is 56.1 Å². The van der Waals surface area contributed by atoms with Crippen molar-refractivity contribution in [3.63, 3.8) is 0 Å². The summed E-state index contributed by atoms with van der Waals surface area (Å²) in [7, 11) is 0. The first-order chi connectivity index (χ1) is 11.3. The summed E-state index contributed by atoms with van der Waals surface area (Å²) in [5.41, 5.74) is 0. The highest BCUT2D eigenvalue weighted by Crippen LogP contribution is 2.16. The zero-order valence-corrected chi connectivity index (χ0v) is 14.6. The van der Waals surface area contributed by atoms with Gasteiger partial charge in [0.2, 0.25) is 0 Å². The maximum absolute atomic E-state index is 5.88. The second-order valence-electron chi connectivity index (χ2n) is 6.64. The Morgan fingerprint density at radius 1 is 1.00 bits per heavy atom. The van der Waals surface area contributed by atoms with Crippen LogP contribution in [0.1, 0.15) is 12.8 Å². The van der Waals surface area contributed by atoms with Crippen LogP contribution in [0.15, 0.2) is 24.3 Å². The fraction of sp³-hybridized carbons (Fsp3) is 0.667. The van der Waals surface area contributed by atoms with Gasteiger partial charge in [0.15, 0.2) is 0 Å². The van der Waals surface area contributed by atoms with Crippen LogP contribution in [-0.4, -0.2) is 68.8 Å². The predicted molar refractivity (Wildman–Crippen MR) is 95.4 cm³/mol. The highest BCUT2D eigenvalue weighted by Gasteiger charge is 2.21. The van der Waals surface area contributed by atoms with Gasteiger partial charge < -0.3 is 15.0 Å². The second kappa shape index (κ2) is 8.88. The Morgan fingerprint density at radius 3 is 2.35 bits per heavy atom. The predicted octanol–water partition coefficient (Wildman–Crippen LogP) is 2.34. The lowest BCUT2D eigenvalue weighted by Crippen LogP contribution is -2.49. The van der Waals surface area contributed by atoms with Gasteiger partial charge >= 0.3 is 0 Å². The Balaban J connectivity index is 1.30. The minimum Gasteiger partial charge on any atom is -0.492 e. The molecule has 0 bridgehead atoms. The van der Waals surface area contributed by atoms with Gasteiger partial charge in [-0.1, -0.05) is 11.6 Å². The number of hydrogen-bond donors (Lipinski definition) is 1. The van der Waals surface area contributed by atoms with Crippen molar-refractivity contribution in [1.82, 2.24) is 15.1 Å². The SMILES string of the molecule is Clc1ccc(OCCN2CCN(CC3CCNCC3)CC2)cc1. The molecule has 1 aromatic carbocycles. The smallest absolute Gasteiger partial charge is 0.119 e. The molecule has 0 unspecified atom stereocenters. The molecular formula is C18H28ClN3O.